The van der Waals surface area contributed by atoms with Gasteiger partial charge in [0.2, 0.25) is 10.0 Å². The number of hydrogen-bond donors (Lipinski definition) is 1. The van der Waals surface area contributed by atoms with E-state index in [2.05, 4.69) is 9.62 Å². The smallest absolute Gasteiger partial charge is 0.253 e. The van der Waals surface area contributed by atoms with Gasteiger partial charge in [0, 0.05) is 37.8 Å². The summed E-state index contributed by atoms with van der Waals surface area (Å²) in [6.07, 6.45) is 5.22. The monoisotopic (exact) mass is 351 g/mol. The molecule has 6 nitrogen and oxygen atoms in total. The molecule has 1 amide bonds. The summed E-state index contributed by atoms with van der Waals surface area (Å²) < 4.78 is 25.7. The Kier molecular flexibility index (Phi) is 5.22. The number of nitrogens with one attached hydrogen (secondary N) is 1. The fourth-order valence-electron chi connectivity index (χ4n) is 3.64. The second kappa shape index (κ2) is 7.21. The molecule has 7 heteroatoms. The number of carbonyl (C=O) groups excluding carboxylic acids is 1. The standard InChI is InChI=1S/C17H25N3O3S/c1-18-24(22,23)16-8-6-14(7-9-16)17(21)20-12-10-19(11-13-20)15-4-2-3-5-15/h6-9,15,18H,2-5,10-13H2,1H3. The molecular weight excluding hydrogens is 326 g/mol. The van der Waals surface area contributed by atoms with Gasteiger partial charge in [-0.25, -0.2) is 13.1 Å². The maximum Gasteiger partial charge on any atom is 0.253 e. The molecule has 0 atom stereocenters. The zero-order chi connectivity index (χ0) is 17.2. The number of nitrogens with zero attached hydrogens (tertiary/aromatic N) is 2. The van der Waals surface area contributed by atoms with Crippen LogP contribution in [0.5, 0.6) is 0 Å². The molecule has 0 spiro atoms. The van der Waals surface area contributed by atoms with Crippen LogP contribution >= 0.6 is 0 Å². The minimum atomic E-state index is -3.46. The number of rotatable bonds is 4. The molecule has 3 rings (SSSR count). The molecule has 1 aromatic rings. The van der Waals surface area contributed by atoms with Crippen LogP contribution in [0.2, 0.25) is 0 Å². The highest BCUT2D eigenvalue weighted by atomic mass is 32.2. The van der Waals surface area contributed by atoms with Crippen molar-refractivity contribution in [3.05, 3.63) is 29.8 Å². The van der Waals surface area contributed by atoms with Crippen molar-refractivity contribution in [1.29, 1.82) is 0 Å². The number of hydrogen-bond acceptors (Lipinski definition) is 4. The van der Waals surface area contributed by atoms with Crippen LogP contribution in [0, 0.1) is 0 Å². The van der Waals surface area contributed by atoms with Gasteiger partial charge in [-0.1, -0.05) is 12.8 Å². The molecular formula is C17H25N3O3S. The highest BCUT2D eigenvalue weighted by Gasteiger charge is 2.28. The zero-order valence-electron chi connectivity index (χ0n) is 14.1. The van der Waals surface area contributed by atoms with Gasteiger partial charge in [0.1, 0.15) is 0 Å². The van der Waals surface area contributed by atoms with E-state index in [-0.39, 0.29) is 10.8 Å². The van der Waals surface area contributed by atoms with Crippen LogP contribution < -0.4 is 4.72 Å². The van der Waals surface area contributed by atoms with E-state index in [9.17, 15) is 13.2 Å². The fourth-order valence-corrected chi connectivity index (χ4v) is 4.37. The minimum Gasteiger partial charge on any atom is -0.336 e. The third kappa shape index (κ3) is 3.63. The molecule has 1 saturated carbocycles. The highest BCUT2D eigenvalue weighted by Crippen LogP contribution is 2.24. The largest absolute Gasteiger partial charge is 0.336 e. The first-order valence-electron chi connectivity index (χ1n) is 8.58. The third-order valence-corrected chi connectivity index (χ3v) is 6.55. The van der Waals surface area contributed by atoms with Crippen LogP contribution in [0.3, 0.4) is 0 Å². The molecule has 1 aromatic carbocycles. The molecule has 2 fully saturated rings. The summed E-state index contributed by atoms with van der Waals surface area (Å²) in [5, 5.41) is 0. The van der Waals surface area contributed by atoms with Crippen molar-refractivity contribution in [2.45, 2.75) is 36.6 Å². The van der Waals surface area contributed by atoms with E-state index >= 15 is 0 Å². The average Bonchev–Trinajstić information content (AvgIpc) is 3.16. The molecule has 24 heavy (non-hydrogen) atoms. The van der Waals surface area contributed by atoms with Gasteiger partial charge in [0.25, 0.3) is 5.91 Å². The Hall–Kier alpha value is -1.44. The summed E-state index contributed by atoms with van der Waals surface area (Å²) in [6.45, 7) is 3.35. The summed E-state index contributed by atoms with van der Waals surface area (Å²) in [7, 11) is -2.09. The van der Waals surface area contributed by atoms with E-state index in [1.165, 1.54) is 44.9 Å². The van der Waals surface area contributed by atoms with Crippen LogP contribution in [-0.4, -0.2) is 63.4 Å². The highest BCUT2D eigenvalue weighted by molar-refractivity contribution is 7.89. The molecule has 1 aliphatic carbocycles. The van der Waals surface area contributed by atoms with Gasteiger partial charge in [-0.05, 0) is 44.2 Å². The van der Waals surface area contributed by atoms with Gasteiger partial charge >= 0.3 is 0 Å². The van der Waals surface area contributed by atoms with E-state index in [1.807, 2.05) is 4.90 Å². The molecule has 132 valence electrons. The molecule has 0 aromatic heterocycles. The van der Waals surface area contributed by atoms with E-state index < -0.39 is 10.0 Å². The lowest BCUT2D eigenvalue weighted by Crippen LogP contribution is -2.51. The lowest BCUT2D eigenvalue weighted by Gasteiger charge is -2.38. The van der Waals surface area contributed by atoms with Crippen LogP contribution in [0.25, 0.3) is 0 Å². The number of carbonyl (C=O) groups is 1. The van der Waals surface area contributed by atoms with E-state index in [0.717, 1.165) is 26.2 Å². The molecule has 2 aliphatic rings. The van der Waals surface area contributed by atoms with Crippen molar-refractivity contribution in [3.8, 4) is 0 Å². The summed E-state index contributed by atoms with van der Waals surface area (Å²) in [6, 6.07) is 6.85. The fraction of sp³-hybridized carbons (Fsp3) is 0.588. The Morgan fingerprint density at radius 3 is 2.17 bits per heavy atom. The molecule has 1 saturated heterocycles. The lowest BCUT2D eigenvalue weighted by molar-refractivity contribution is 0.0573. The first kappa shape index (κ1) is 17.4. The normalized spacial score (nSPS) is 20.5. The molecule has 0 bridgehead atoms. The van der Waals surface area contributed by atoms with Gasteiger partial charge in [0.05, 0.1) is 4.90 Å². The van der Waals surface area contributed by atoms with Gasteiger partial charge in [-0.15, -0.1) is 0 Å². The van der Waals surface area contributed by atoms with Gasteiger partial charge in [0.15, 0.2) is 0 Å². The number of amides is 1. The second-order valence-corrected chi connectivity index (χ2v) is 8.38. The Labute approximate surface area is 143 Å². The van der Waals surface area contributed by atoms with Crippen molar-refractivity contribution in [1.82, 2.24) is 14.5 Å². The van der Waals surface area contributed by atoms with E-state index in [0.29, 0.717) is 11.6 Å². The maximum absolute atomic E-state index is 12.6. The molecule has 0 unspecified atom stereocenters. The first-order valence-corrected chi connectivity index (χ1v) is 10.1. The SMILES string of the molecule is CNS(=O)(=O)c1ccc(C(=O)N2CCN(C3CCCC3)CC2)cc1. The maximum atomic E-state index is 12.6. The van der Waals surface area contributed by atoms with Crippen molar-refractivity contribution < 1.29 is 13.2 Å². The summed E-state index contributed by atoms with van der Waals surface area (Å²) >= 11 is 0. The van der Waals surface area contributed by atoms with Crippen molar-refractivity contribution in [2.75, 3.05) is 33.2 Å². The second-order valence-electron chi connectivity index (χ2n) is 6.50. The molecule has 0 radical (unpaired) electrons. The van der Waals surface area contributed by atoms with Gasteiger partial charge in [-0.2, -0.15) is 0 Å². The Bertz CT molecular complexity index is 674. The minimum absolute atomic E-state index is 0.0190. The Morgan fingerprint density at radius 2 is 1.62 bits per heavy atom. The summed E-state index contributed by atoms with van der Waals surface area (Å²) in [5.74, 6) is -0.0190. The molecule has 1 N–H and O–H groups in total. The number of piperazine rings is 1. The van der Waals surface area contributed by atoms with E-state index in [4.69, 9.17) is 0 Å². The van der Waals surface area contributed by atoms with Crippen LogP contribution in [0.4, 0.5) is 0 Å². The third-order valence-electron chi connectivity index (χ3n) is 5.12. The van der Waals surface area contributed by atoms with Crippen molar-refractivity contribution in [3.63, 3.8) is 0 Å². The van der Waals surface area contributed by atoms with Crippen LogP contribution in [-0.2, 0) is 10.0 Å². The van der Waals surface area contributed by atoms with Crippen molar-refractivity contribution >= 4 is 15.9 Å². The summed E-state index contributed by atoms with van der Waals surface area (Å²) in [5.41, 5.74) is 0.541. The van der Waals surface area contributed by atoms with Gasteiger partial charge in [-0.3, -0.25) is 9.69 Å². The topological polar surface area (TPSA) is 69.7 Å². The Balaban J connectivity index is 1.61. The average molecular weight is 351 g/mol. The van der Waals surface area contributed by atoms with Crippen LogP contribution in [0.15, 0.2) is 29.2 Å². The van der Waals surface area contributed by atoms with Gasteiger partial charge < -0.3 is 4.90 Å². The Morgan fingerprint density at radius 1 is 1.04 bits per heavy atom. The number of sulfonamides is 1. The first-order chi connectivity index (χ1) is 11.5. The van der Waals surface area contributed by atoms with E-state index in [1.54, 1.807) is 12.1 Å². The predicted octanol–water partition coefficient (Wildman–Crippen LogP) is 1.30. The quantitative estimate of drug-likeness (QED) is 0.888. The lowest BCUT2D eigenvalue weighted by atomic mass is 10.1. The summed E-state index contributed by atoms with van der Waals surface area (Å²) in [4.78, 5) is 17.2. The van der Waals surface area contributed by atoms with Crippen LogP contribution in [0.1, 0.15) is 36.0 Å². The predicted molar refractivity (Wildman–Crippen MR) is 92.4 cm³/mol. The van der Waals surface area contributed by atoms with Crippen molar-refractivity contribution in [2.24, 2.45) is 0 Å². The zero-order valence-corrected chi connectivity index (χ0v) is 14.9. The molecule has 1 heterocycles. The molecule has 1 aliphatic heterocycles. The number of benzene rings is 1.